The molecule has 0 saturated carbocycles. The third kappa shape index (κ3) is 2.01. The monoisotopic (exact) mass is 250 g/mol. The molecule has 0 saturated heterocycles. The van der Waals surface area contributed by atoms with Crippen molar-refractivity contribution in [2.45, 2.75) is 24.3 Å². The minimum absolute atomic E-state index is 0.0210. The van der Waals surface area contributed by atoms with Gasteiger partial charge in [0.05, 0.1) is 34.9 Å². The van der Waals surface area contributed by atoms with Crippen molar-refractivity contribution < 1.29 is 8.42 Å². The molecule has 1 heterocycles. The molecule has 0 fully saturated rings. The van der Waals surface area contributed by atoms with Crippen molar-refractivity contribution in [3.8, 4) is 6.07 Å². The number of rotatable bonds is 1. The van der Waals surface area contributed by atoms with Gasteiger partial charge in [0.2, 0.25) is 0 Å². The Hall–Kier alpha value is -1.54. The zero-order chi connectivity index (χ0) is 12.6. The SMILES string of the molecule is Cc1ccc2c(c1)N(C)C(CC#N)CS2(=O)=O. The molecule has 0 radical (unpaired) electrons. The van der Waals surface area contributed by atoms with Gasteiger partial charge in [-0.25, -0.2) is 8.42 Å². The van der Waals surface area contributed by atoms with Crippen molar-refractivity contribution in [2.75, 3.05) is 17.7 Å². The first kappa shape index (κ1) is 11.9. The fraction of sp³-hybridized carbons (Fsp3) is 0.417. The second-order valence-electron chi connectivity index (χ2n) is 4.38. The van der Waals surface area contributed by atoms with Crippen LogP contribution in [0.5, 0.6) is 0 Å². The molecule has 17 heavy (non-hydrogen) atoms. The Morgan fingerprint density at radius 2 is 2.24 bits per heavy atom. The number of benzene rings is 1. The largest absolute Gasteiger partial charge is 0.368 e. The lowest BCUT2D eigenvalue weighted by Crippen LogP contribution is -2.42. The molecule has 0 aromatic heterocycles. The number of nitrogens with zero attached hydrogens (tertiary/aromatic N) is 2. The molecule has 0 bridgehead atoms. The molecule has 0 N–H and O–H groups in total. The highest BCUT2D eigenvalue weighted by Crippen LogP contribution is 2.33. The summed E-state index contributed by atoms with van der Waals surface area (Å²) in [7, 11) is -1.41. The van der Waals surface area contributed by atoms with Crippen molar-refractivity contribution in [3.05, 3.63) is 23.8 Å². The summed E-state index contributed by atoms with van der Waals surface area (Å²) in [5.41, 5.74) is 1.72. The van der Waals surface area contributed by atoms with Gasteiger partial charge in [-0.2, -0.15) is 5.26 Å². The van der Waals surface area contributed by atoms with E-state index in [1.165, 1.54) is 0 Å². The summed E-state index contributed by atoms with van der Waals surface area (Å²) in [4.78, 5) is 2.27. The molecule has 2 rings (SSSR count). The Labute approximate surface area is 101 Å². The van der Waals surface area contributed by atoms with Gasteiger partial charge in [-0.05, 0) is 24.6 Å². The Morgan fingerprint density at radius 1 is 1.53 bits per heavy atom. The predicted molar refractivity (Wildman–Crippen MR) is 65.7 cm³/mol. The molecule has 1 aliphatic rings. The molecule has 1 aromatic carbocycles. The summed E-state index contributed by atoms with van der Waals surface area (Å²) >= 11 is 0. The first-order chi connectivity index (χ1) is 7.95. The quantitative estimate of drug-likeness (QED) is 0.758. The number of aryl methyl sites for hydroxylation is 1. The van der Waals surface area contributed by atoms with E-state index in [2.05, 4.69) is 0 Å². The van der Waals surface area contributed by atoms with Crippen LogP contribution in [0.15, 0.2) is 23.1 Å². The predicted octanol–water partition coefficient (Wildman–Crippen LogP) is 1.50. The Bertz CT molecular complexity index is 587. The van der Waals surface area contributed by atoms with Crippen molar-refractivity contribution in [2.24, 2.45) is 0 Å². The minimum Gasteiger partial charge on any atom is -0.368 e. The summed E-state index contributed by atoms with van der Waals surface area (Å²) in [6.07, 6.45) is 0.225. The van der Waals surface area contributed by atoms with Gasteiger partial charge < -0.3 is 4.90 Å². The summed E-state index contributed by atoms with van der Waals surface area (Å²) in [5, 5.41) is 8.74. The molecular weight excluding hydrogens is 236 g/mol. The molecule has 0 amide bonds. The van der Waals surface area contributed by atoms with Crippen LogP contribution in [0.1, 0.15) is 12.0 Å². The van der Waals surface area contributed by atoms with Crippen LogP contribution in [-0.2, 0) is 9.84 Å². The molecule has 1 aromatic rings. The average Bonchev–Trinajstić information content (AvgIpc) is 2.25. The van der Waals surface area contributed by atoms with Crippen LogP contribution in [0.25, 0.3) is 0 Å². The van der Waals surface area contributed by atoms with E-state index < -0.39 is 9.84 Å². The Kier molecular flexibility index (Phi) is 2.84. The van der Waals surface area contributed by atoms with Crippen molar-refractivity contribution in [1.29, 1.82) is 5.26 Å². The molecule has 5 heteroatoms. The van der Waals surface area contributed by atoms with Gasteiger partial charge in [-0.1, -0.05) is 6.07 Å². The summed E-state index contributed by atoms with van der Waals surface area (Å²) in [6.45, 7) is 1.93. The topological polar surface area (TPSA) is 61.2 Å². The smallest absolute Gasteiger partial charge is 0.182 e. The Morgan fingerprint density at radius 3 is 2.88 bits per heavy atom. The lowest BCUT2D eigenvalue weighted by atomic mass is 10.1. The van der Waals surface area contributed by atoms with E-state index in [1.54, 1.807) is 12.1 Å². The van der Waals surface area contributed by atoms with Crippen molar-refractivity contribution in [3.63, 3.8) is 0 Å². The van der Waals surface area contributed by atoms with Crippen LogP contribution in [0.4, 0.5) is 5.69 Å². The second-order valence-corrected chi connectivity index (χ2v) is 6.38. The number of fused-ring (bicyclic) bond motifs is 1. The average molecular weight is 250 g/mol. The zero-order valence-electron chi connectivity index (χ0n) is 9.84. The first-order valence-electron chi connectivity index (χ1n) is 5.39. The number of nitriles is 1. The lowest BCUT2D eigenvalue weighted by molar-refractivity contribution is 0.573. The number of hydrogen-bond donors (Lipinski definition) is 0. The van der Waals surface area contributed by atoms with E-state index in [9.17, 15) is 8.42 Å². The molecular formula is C12H14N2O2S. The van der Waals surface area contributed by atoms with Gasteiger partial charge in [-0.15, -0.1) is 0 Å². The fourth-order valence-electron chi connectivity index (χ4n) is 2.12. The maximum Gasteiger partial charge on any atom is 0.182 e. The van der Waals surface area contributed by atoms with Gasteiger partial charge in [0.15, 0.2) is 9.84 Å². The van der Waals surface area contributed by atoms with Crippen LogP contribution >= 0.6 is 0 Å². The van der Waals surface area contributed by atoms with Gasteiger partial charge in [0, 0.05) is 7.05 Å². The van der Waals surface area contributed by atoms with E-state index in [-0.39, 0.29) is 18.2 Å². The molecule has 1 unspecified atom stereocenters. The fourth-order valence-corrected chi connectivity index (χ4v) is 3.94. The molecule has 1 atom stereocenters. The highest BCUT2D eigenvalue weighted by Gasteiger charge is 2.33. The molecule has 0 aliphatic carbocycles. The van der Waals surface area contributed by atoms with E-state index in [0.29, 0.717) is 10.6 Å². The Balaban J connectivity index is 2.58. The summed E-state index contributed by atoms with van der Waals surface area (Å²) in [5.74, 6) is 0.0210. The molecule has 1 aliphatic heterocycles. The molecule has 0 spiro atoms. The third-order valence-electron chi connectivity index (χ3n) is 3.12. The van der Waals surface area contributed by atoms with E-state index in [0.717, 1.165) is 5.56 Å². The number of sulfone groups is 1. The van der Waals surface area contributed by atoms with Gasteiger partial charge in [-0.3, -0.25) is 0 Å². The number of anilines is 1. The van der Waals surface area contributed by atoms with E-state index in [4.69, 9.17) is 5.26 Å². The summed E-state index contributed by atoms with van der Waals surface area (Å²) < 4.78 is 24.2. The van der Waals surface area contributed by atoms with Gasteiger partial charge >= 0.3 is 0 Å². The zero-order valence-corrected chi connectivity index (χ0v) is 10.7. The van der Waals surface area contributed by atoms with Crippen LogP contribution in [0, 0.1) is 18.3 Å². The van der Waals surface area contributed by atoms with Crippen molar-refractivity contribution in [1.82, 2.24) is 0 Å². The second kappa shape index (κ2) is 4.04. The minimum atomic E-state index is -3.26. The van der Waals surface area contributed by atoms with Crippen LogP contribution in [0.3, 0.4) is 0 Å². The normalized spacial score (nSPS) is 21.7. The maximum absolute atomic E-state index is 12.1. The lowest BCUT2D eigenvalue weighted by Gasteiger charge is -2.34. The highest BCUT2D eigenvalue weighted by molar-refractivity contribution is 7.91. The van der Waals surface area contributed by atoms with Crippen LogP contribution < -0.4 is 4.90 Å². The van der Waals surface area contributed by atoms with Gasteiger partial charge in [0.25, 0.3) is 0 Å². The van der Waals surface area contributed by atoms with Crippen molar-refractivity contribution >= 4 is 15.5 Å². The van der Waals surface area contributed by atoms with E-state index in [1.807, 2.05) is 31.0 Å². The first-order valence-corrected chi connectivity index (χ1v) is 7.04. The van der Waals surface area contributed by atoms with Gasteiger partial charge in [0.1, 0.15) is 0 Å². The maximum atomic E-state index is 12.1. The van der Waals surface area contributed by atoms with Crippen LogP contribution in [-0.4, -0.2) is 27.3 Å². The standard InChI is InChI=1S/C12H14N2O2S/c1-9-3-4-12-11(7-9)14(2)10(5-6-13)8-17(12,15)16/h3-4,7,10H,5,8H2,1-2H3. The third-order valence-corrected chi connectivity index (χ3v) is 4.95. The molecule has 90 valence electrons. The van der Waals surface area contributed by atoms with Crippen LogP contribution in [0.2, 0.25) is 0 Å². The van der Waals surface area contributed by atoms with E-state index >= 15 is 0 Å². The summed E-state index contributed by atoms with van der Waals surface area (Å²) in [6, 6.07) is 7.10. The molecule has 4 nitrogen and oxygen atoms in total. The highest BCUT2D eigenvalue weighted by atomic mass is 32.2. The number of hydrogen-bond acceptors (Lipinski definition) is 4.